The van der Waals surface area contributed by atoms with Gasteiger partial charge in [-0.15, -0.1) is 11.3 Å². The molecule has 0 aliphatic carbocycles. The highest BCUT2D eigenvalue weighted by molar-refractivity contribution is 7.13. The predicted octanol–water partition coefficient (Wildman–Crippen LogP) is 2.78. The average molecular weight is 310 g/mol. The molecule has 0 saturated carbocycles. The molecule has 108 valence electrons. The number of benzene rings is 1. The number of hydrazone groups is 1. The molecule has 2 aromatic heterocycles. The second-order valence-electron chi connectivity index (χ2n) is 4.28. The lowest BCUT2D eigenvalue weighted by molar-refractivity contribution is 0.621. The molecule has 0 atom stereocenters. The molecule has 3 rings (SSSR count). The number of thiophene rings is 1. The summed E-state index contributed by atoms with van der Waals surface area (Å²) in [5.74, 6) is 0.171. The molecule has 0 aliphatic heterocycles. The number of nitrogens with two attached hydrogens (primary N) is 1. The van der Waals surface area contributed by atoms with Gasteiger partial charge in [0.15, 0.2) is 11.4 Å². The number of aromatic nitrogens is 1. The van der Waals surface area contributed by atoms with Gasteiger partial charge in [-0.25, -0.2) is 4.98 Å². The van der Waals surface area contributed by atoms with Gasteiger partial charge < -0.3 is 10.2 Å². The van der Waals surface area contributed by atoms with Crippen LogP contribution in [0.25, 0.3) is 21.9 Å². The minimum atomic E-state index is -0.391. The van der Waals surface area contributed by atoms with Crippen LogP contribution in [0.1, 0.15) is 0 Å². The number of anilines is 1. The molecule has 7 nitrogen and oxygen atoms in total. The highest BCUT2D eigenvalue weighted by atomic mass is 32.1. The van der Waals surface area contributed by atoms with Gasteiger partial charge >= 0.3 is 0 Å². The van der Waals surface area contributed by atoms with Gasteiger partial charge in [-0.05, 0) is 29.6 Å². The Labute approximate surface area is 129 Å². The summed E-state index contributed by atoms with van der Waals surface area (Å²) in [7, 11) is 0. The lowest BCUT2D eigenvalue weighted by atomic mass is 10.3. The maximum Gasteiger partial charge on any atom is 0.237 e. The number of amidine groups is 1. The van der Waals surface area contributed by atoms with Crippen molar-refractivity contribution in [3.63, 3.8) is 0 Å². The van der Waals surface area contributed by atoms with Crippen LogP contribution in [0.3, 0.4) is 0 Å². The summed E-state index contributed by atoms with van der Waals surface area (Å²) in [5, 5.41) is 21.7. The first-order valence-electron chi connectivity index (χ1n) is 6.20. The highest BCUT2D eigenvalue weighted by Gasteiger charge is 2.09. The van der Waals surface area contributed by atoms with E-state index < -0.39 is 5.84 Å². The zero-order valence-electron chi connectivity index (χ0n) is 11.2. The Morgan fingerprint density at radius 3 is 3.00 bits per heavy atom. The summed E-state index contributed by atoms with van der Waals surface area (Å²) in [4.78, 5) is 5.37. The van der Waals surface area contributed by atoms with Crippen molar-refractivity contribution < 1.29 is 4.42 Å². The fourth-order valence-electron chi connectivity index (χ4n) is 1.77. The molecule has 4 N–H and O–H groups in total. The third-order valence-electron chi connectivity index (χ3n) is 2.78. The highest BCUT2D eigenvalue weighted by Crippen LogP contribution is 2.28. The van der Waals surface area contributed by atoms with Crippen molar-refractivity contribution in [3.05, 3.63) is 35.7 Å². The molecule has 0 fully saturated rings. The first-order valence-corrected chi connectivity index (χ1v) is 7.08. The van der Waals surface area contributed by atoms with Crippen LogP contribution in [0, 0.1) is 16.7 Å². The zero-order chi connectivity index (χ0) is 15.5. The fourth-order valence-corrected chi connectivity index (χ4v) is 2.42. The Balaban J connectivity index is 1.90. The Kier molecular flexibility index (Phi) is 3.55. The first-order chi connectivity index (χ1) is 10.7. The summed E-state index contributed by atoms with van der Waals surface area (Å²) >= 11 is 1.55. The molecule has 8 heteroatoms. The van der Waals surface area contributed by atoms with Gasteiger partial charge in [0.2, 0.25) is 11.6 Å². The van der Waals surface area contributed by atoms with Crippen molar-refractivity contribution in [2.45, 2.75) is 0 Å². The van der Waals surface area contributed by atoms with Crippen LogP contribution in [0.5, 0.6) is 0 Å². The summed E-state index contributed by atoms with van der Waals surface area (Å²) in [6, 6.07) is 10.9. The number of nitrogens with one attached hydrogen (secondary N) is 2. The maximum atomic E-state index is 8.79. The van der Waals surface area contributed by atoms with Gasteiger partial charge in [0.1, 0.15) is 11.6 Å². The van der Waals surface area contributed by atoms with Crippen molar-refractivity contribution >= 4 is 39.7 Å². The first kappa shape index (κ1) is 13.8. The third-order valence-corrected chi connectivity index (χ3v) is 3.64. The quantitative estimate of drug-likeness (QED) is 0.388. The lowest BCUT2D eigenvalue weighted by Gasteiger charge is -2.00. The molecule has 0 aliphatic rings. The smallest absolute Gasteiger partial charge is 0.237 e. The molecular formula is C14H10N6OS. The Hall–Kier alpha value is -3.18. The summed E-state index contributed by atoms with van der Waals surface area (Å²) in [6.45, 7) is 0. The lowest BCUT2D eigenvalue weighted by Crippen LogP contribution is -2.21. The molecule has 22 heavy (non-hydrogen) atoms. The molecule has 0 amide bonds. The summed E-state index contributed by atoms with van der Waals surface area (Å²) < 4.78 is 5.68. The van der Waals surface area contributed by atoms with Crippen LogP contribution in [-0.2, 0) is 0 Å². The van der Waals surface area contributed by atoms with Crippen molar-refractivity contribution in [2.75, 3.05) is 5.43 Å². The SMILES string of the molecule is N#C/C(=N\Nc1ccc2oc(-c3cccs3)nc2c1)C(=N)N. The van der Waals surface area contributed by atoms with Crippen molar-refractivity contribution in [2.24, 2.45) is 10.8 Å². The van der Waals surface area contributed by atoms with Crippen LogP contribution in [0.2, 0.25) is 0 Å². The number of nitrogens with zero attached hydrogens (tertiary/aromatic N) is 3. The van der Waals surface area contributed by atoms with E-state index in [-0.39, 0.29) is 5.71 Å². The van der Waals surface area contributed by atoms with Crippen molar-refractivity contribution in [1.29, 1.82) is 10.7 Å². The molecular weight excluding hydrogens is 300 g/mol. The number of fused-ring (bicyclic) bond motifs is 1. The molecule has 0 bridgehead atoms. The number of nitriles is 1. The molecule has 0 radical (unpaired) electrons. The van der Waals surface area contributed by atoms with Gasteiger partial charge in [-0.1, -0.05) is 6.07 Å². The van der Waals surface area contributed by atoms with Gasteiger partial charge in [0, 0.05) is 0 Å². The number of hydrogen-bond acceptors (Lipinski definition) is 7. The summed E-state index contributed by atoms with van der Waals surface area (Å²) in [5.41, 5.74) is 9.67. The van der Waals surface area contributed by atoms with Gasteiger partial charge in [0.25, 0.3) is 0 Å². The van der Waals surface area contributed by atoms with Crippen LogP contribution in [-0.4, -0.2) is 16.5 Å². The second kappa shape index (κ2) is 5.67. The fraction of sp³-hybridized carbons (Fsp3) is 0. The molecule has 0 saturated heterocycles. The number of rotatable bonds is 4. The van der Waals surface area contributed by atoms with E-state index in [1.165, 1.54) is 0 Å². The number of oxazole rings is 1. The van der Waals surface area contributed by atoms with E-state index in [1.807, 2.05) is 17.5 Å². The van der Waals surface area contributed by atoms with Gasteiger partial charge in [-0.2, -0.15) is 10.4 Å². The van der Waals surface area contributed by atoms with Crippen molar-refractivity contribution in [3.8, 4) is 16.8 Å². The topological polar surface area (TPSA) is 124 Å². The molecule has 0 spiro atoms. The summed E-state index contributed by atoms with van der Waals surface area (Å²) in [6.07, 6.45) is 0. The normalized spacial score (nSPS) is 11.3. The minimum Gasteiger partial charge on any atom is -0.435 e. The Morgan fingerprint density at radius 1 is 1.45 bits per heavy atom. The molecule has 0 unspecified atom stereocenters. The average Bonchev–Trinajstić information content (AvgIpc) is 3.16. The molecule has 2 heterocycles. The number of hydrogen-bond donors (Lipinski definition) is 3. The van der Waals surface area contributed by atoms with E-state index in [0.29, 0.717) is 22.7 Å². The Bertz CT molecular complexity index is 903. The van der Waals surface area contributed by atoms with Crippen LogP contribution in [0.4, 0.5) is 5.69 Å². The maximum absolute atomic E-state index is 8.79. The predicted molar refractivity (Wildman–Crippen MR) is 85.9 cm³/mol. The van der Waals surface area contributed by atoms with Crippen LogP contribution < -0.4 is 11.2 Å². The van der Waals surface area contributed by atoms with E-state index >= 15 is 0 Å². The molecule has 3 aromatic rings. The largest absolute Gasteiger partial charge is 0.435 e. The van der Waals surface area contributed by atoms with Gasteiger partial charge in [-0.3, -0.25) is 10.8 Å². The standard InChI is InChI=1S/C14H10N6OS/c15-7-10(13(16)17)20-19-8-3-4-11-9(6-8)18-14(21-11)12-2-1-5-22-12/h1-6,19H,(H3,16,17)/b20-10+. The van der Waals surface area contributed by atoms with E-state index in [9.17, 15) is 0 Å². The van der Waals surface area contributed by atoms with E-state index in [2.05, 4.69) is 15.5 Å². The van der Waals surface area contributed by atoms with Crippen molar-refractivity contribution in [1.82, 2.24) is 4.98 Å². The van der Waals surface area contributed by atoms with E-state index in [1.54, 1.807) is 35.6 Å². The monoisotopic (exact) mass is 310 g/mol. The van der Waals surface area contributed by atoms with E-state index in [4.69, 9.17) is 20.8 Å². The van der Waals surface area contributed by atoms with Crippen LogP contribution >= 0.6 is 11.3 Å². The molecule has 1 aromatic carbocycles. The zero-order valence-corrected chi connectivity index (χ0v) is 12.0. The van der Waals surface area contributed by atoms with E-state index in [0.717, 1.165) is 4.88 Å². The Morgan fingerprint density at radius 2 is 2.32 bits per heavy atom. The second-order valence-corrected chi connectivity index (χ2v) is 5.22. The van der Waals surface area contributed by atoms with Crippen LogP contribution in [0.15, 0.2) is 45.2 Å². The van der Waals surface area contributed by atoms with Gasteiger partial charge in [0.05, 0.1) is 10.6 Å². The third kappa shape index (κ3) is 2.65. The minimum absolute atomic E-state index is 0.181.